The number of phenolic OH excluding ortho intramolecular Hbond substituents is 2. The lowest BCUT2D eigenvalue weighted by atomic mass is 9.82. The lowest BCUT2D eigenvalue weighted by molar-refractivity contribution is -0.124. The van der Waals surface area contributed by atoms with Crippen molar-refractivity contribution in [2.75, 3.05) is 13.2 Å². The molecule has 2 N–H and O–H groups in total. The highest BCUT2D eigenvalue weighted by atomic mass is 16.5. The maximum Gasteiger partial charge on any atom is 0.165 e. The summed E-state index contributed by atoms with van der Waals surface area (Å²) in [6.07, 6.45) is 8.43. The predicted octanol–water partition coefficient (Wildman–Crippen LogP) is 3.73. The van der Waals surface area contributed by atoms with Gasteiger partial charge in [-0.3, -0.25) is 4.79 Å². The summed E-state index contributed by atoms with van der Waals surface area (Å²) in [5, 5.41) is 19.9. The number of benzene rings is 1. The summed E-state index contributed by atoms with van der Waals surface area (Å²) in [7, 11) is 0. The van der Waals surface area contributed by atoms with E-state index in [1.165, 1.54) is 6.07 Å². The molecule has 2 atom stereocenters. The molecule has 4 nitrogen and oxygen atoms in total. The van der Waals surface area contributed by atoms with Crippen LogP contribution in [-0.4, -0.2) is 29.2 Å². The van der Waals surface area contributed by atoms with E-state index >= 15 is 0 Å². The van der Waals surface area contributed by atoms with E-state index < -0.39 is 11.8 Å². The maximum atomic E-state index is 13.0. The van der Waals surface area contributed by atoms with Gasteiger partial charge in [-0.25, -0.2) is 0 Å². The van der Waals surface area contributed by atoms with Gasteiger partial charge in [0.1, 0.15) is 5.78 Å². The lowest BCUT2D eigenvalue weighted by Crippen LogP contribution is -2.27. The van der Waals surface area contributed by atoms with Gasteiger partial charge >= 0.3 is 0 Å². The molecule has 1 aromatic carbocycles. The Labute approximate surface area is 142 Å². The van der Waals surface area contributed by atoms with Crippen LogP contribution in [0.1, 0.15) is 24.0 Å². The molecule has 126 valence electrons. The fraction of sp³-hybridized carbons (Fsp3) is 0.250. The van der Waals surface area contributed by atoms with Crippen LogP contribution in [-0.2, 0) is 9.53 Å². The largest absolute Gasteiger partial charge is 0.504 e. The van der Waals surface area contributed by atoms with Gasteiger partial charge in [0, 0.05) is 11.5 Å². The molecule has 1 aliphatic heterocycles. The number of ketones is 1. The van der Waals surface area contributed by atoms with Gasteiger partial charge in [0.25, 0.3) is 0 Å². The Balaban J connectivity index is 2.54. The summed E-state index contributed by atoms with van der Waals surface area (Å²) in [6, 6.07) is 3.07. The molecular formula is C20H22O4. The van der Waals surface area contributed by atoms with Crippen LogP contribution < -0.4 is 0 Å². The van der Waals surface area contributed by atoms with Gasteiger partial charge in [-0.1, -0.05) is 56.5 Å². The van der Waals surface area contributed by atoms with Gasteiger partial charge in [0.05, 0.1) is 19.1 Å². The molecule has 4 heteroatoms. The van der Waals surface area contributed by atoms with Crippen LogP contribution in [0.25, 0.3) is 6.08 Å². The Bertz CT molecular complexity index is 713. The highest BCUT2D eigenvalue weighted by molar-refractivity contribution is 5.91. The topological polar surface area (TPSA) is 66.8 Å². The molecule has 0 radical (unpaired) electrons. The molecule has 0 aliphatic carbocycles. The monoisotopic (exact) mass is 326 g/mol. The van der Waals surface area contributed by atoms with Gasteiger partial charge in [0.15, 0.2) is 11.5 Å². The molecule has 1 aliphatic rings. The third-order valence-electron chi connectivity index (χ3n) is 4.20. The van der Waals surface area contributed by atoms with Crippen molar-refractivity contribution >= 4 is 11.9 Å². The Morgan fingerprint density at radius 2 is 2.08 bits per heavy atom. The van der Waals surface area contributed by atoms with Crippen molar-refractivity contribution in [3.05, 3.63) is 66.3 Å². The van der Waals surface area contributed by atoms with Crippen molar-refractivity contribution in [2.24, 2.45) is 5.92 Å². The second-order valence-corrected chi connectivity index (χ2v) is 5.66. The zero-order valence-electron chi connectivity index (χ0n) is 13.7. The number of aromatic hydroxyl groups is 2. The van der Waals surface area contributed by atoms with E-state index in [9.17, 15) is 15.0 Å². The summed E-state index contributed by atoms with van der Waals surface area (Å²) in [5.74, 6) is -1.43. The molecule has 0 fully saturated rings. The molecule has 0 bridgehead atoms. The summed E-state index contributed by atoms with van der Waals surface area (Å²) < 4.78 is 5.58. The van der Waals surface area contributed by atoms with Crippen LogP contribution in [0.4, 0.5) is 0 Å². The van der Waals surface area contributed by atoms with E-state index in [0.29, 0.717) is 17.7 Å². The minimum Gasteiger partial charge on any atom is -0.504 e. The van der Waals surface area contributed by atoms with Crippen molar-refractivity contribution < 1.29 is 19.7 Å². The van der Waals surface area contributed by atoms with Crippen LogP contribution >= 0.6 is 0 Å². The van der Waals surface area contributed by atoms with Crippen LogP contribution in [0.2, 0.25) is 0 Å². The number of allylic oxidation sites excluding steroid dienone is 3. The van der Waals surface area contributed by atoms with Crippen molar-refractivity contribution in [3.63, 3.8) is 0 Å². The zero-order valence-corrected chi connectivity index (χ0v) is 13.7. The van der Waals surface area contributed by atoms with Gasteiger partial charge in [-0.15, -0.1) is 0 Å². The summed E-state index contributed by atoms with van der Waals surface area (Å²) in [6.45, 7) is 9.77. The van der Waals surface area contributed by atoms with Crippen molar-refractivity contribution in [1.82, 2.24) is 0 Å². The predicted molar refractivity (Wildman–Crippen MR) is 95.0 cm³/mol. The summed E-state index contributed by atoms with van der Waals surface area (Å²) >= 11 is 0. The molecule has 0 amide bonds. The Morgan fingerprint density at radius 3 is 2.75 bits per heavy atom. The number of hydrogen-bond acceptors (Lipinski definition) is 4. The molecule has 0 aromatic heterocycles. The molecule has 1 heterocycles. The minimum absolute atomic E-state index is 0.0374. The molecule has 2 unspecified atom stereocenters. The van der Waals surface area contributed by atoms with Crippen LogP contribution in [0.15, 0.2) is 55.2 Å². The Morgan fingerprint density at radius 1 is 1.33 bits per heavy atom. The number of ether oxygens (including phenoxy) is 1. The highest BCUT2D eigenvalue weighted by Crippen LogP contribution is 2.37. The van der Waals surface area contributed by atoms with Crippen molar-refractivity contribution in [1.29, 1.82) is 0 Å². The smallest absolute Gasteiger partial charge is 0.165 e. The second-order valence-electron chi connectivity index (χ2n) is 5.66. The van der Waals surface area contributed by atoms with E-state index in [1.54, 1.807) is 43.4 Å². The first kappa shape index (κ1) is 17.8. The number of hydrogen-bond donors (Lipinski definition) is 2. The summed E-state index contributed by atoms with van der Waals surface area (Å²) in [5.41, 5.74) is 1.85. The molecule has 2 rings (SSSR count). The maximum absolute atomic E-state index is 13.0. The Hall–Kier alpha value is -2.59. The lowest BCUT2D eigenvalue weighted by Gasteiger charge is -2.23. The van der Waals surface area contributed by atoms with Crippen molar-refractivity contribution in [3.8, 4) is 11.5 Å². The molecule has 24 heavy (non-hydrogen) atoms. The molecular weight excluding hydrogens is 304 g/mol. The fourth-order valence-corrected chi connectivity index (χ4v) is 2.84. The normalized spacial score (nSPS) is 23.2. The molecule has 0 saturated heterocycles. The van der Waals surface area contributed by atoms with E-state index in [-0.39, 0.29) is 23.9 Å². The molecule has 1 aromatic rings. The fourth-order valence-electron chi connectivity index (χ4n) is 2.84. The highest BCUT2D eigenvalue weighted by Gasteiger charge is 2.29. The van der Waals surface area contributed by atoms with E-state index in [1.807, 2.05) is 0 Å². The zero-order chi connectivity index (χ0) is 17.7. The second kappa shape index (κ2) is 7.79. The SMILES string of the molecule is C=C/C=C(\C=C)C1COC/C=C\c2c(ccc(O)c2O)C(C)C1=O. The number of carbonyl (C=O) groups excluding carboxylic acids is 1. The number of fused-ring (bicyclic) bond motifs is 1. The van der Waals surface area contributed by atoms with Gasteiger partial charge in [0.2, 0.25) is 0 Å². The van der Waals surface area contributed by atoms with Gasteiger partial charge in [-0.05, 0) is 17.2 Å². The standard InChI is InChI=1S/C20H22O4/c1-4-7-14(5-2)17-12-24-11-6-8-16-15(13(3)19(17)22)9-10-18(21)20(16)23/h4-10,13,17,21,23H,1-2,11-12H2,3H3/b8-6-,14-7+. The van der Waals surface area contributed by atoms with E-state index in [2.05, 4.69) is 13.2 Å². The average Bonchev–Trinajstić information content (AvgIpc) is 2.58. The van der Waals surface area contributed by atoms with E-state index in [0.717, 1.165) is 5.57 Å². The average molecular weight is 326 g/mol. The third kappa shape index (κ3) is 3.49. The number of Topliss-reactive ketones (excluding diaryl/α,β-unsaturated/α-hetero) is 1. The molecule has 0 saturated carbocycles. The first-order chi connectivity index (χ1) is 11.5. The van der Waals surface area contributed by atoms with Crippen LogP contribution in [0.3, 0.4) is 0 Å². The quantitative estimate of drug-likeness (QED) is 0.656. The molecule has 0 spiro atoms. The number of carbonyl (C=O) groups is 1. The van der Waals surface area contributed by atoms with E-state index in [4.69, 9.17) is 4.74 Å². The first-order valence-corrected chi connectivity index (χ1v) is 7.79. The van der Waals surface area contributed by atoms with Crippen molar-refractivity contribution in [2.45, 2.75) is 12.8 Å². The van der Waals surface area contributed by atoms with Crippen LogP contribution in [0, 0.1) is 5.92 Å². The Kier molecular flexibility index (Phi) is 5.77. The van der Waals surface area contributed by atoms with Crippen LogP contribution in [0.5, 0.6) is 11.5 Å². The first-order valence-electron chi connectivity index (χ1n) is 7.79. The number of rotatable bonds is 3. The third-order valence-corrected chi connectivity index (χ3v) is 4.20. The van der Waals surface area contributed by atoms with Gasteiger partial charge in [-0.2, -0.15) is 0 Å². The number of phenols is 2. The minimum atomic E-state index is -0.476. The van der Waals surface area contributed by atoms with Gasteiger partial charge < -0.3 is 14.9 Å². The summed E-state index contributed by atoms with van der Waals surface area (Å²) in [4.78, 5) is 13.0.